The van der Waals surface area contributed by atoms with Crippen LogP contribution < -0.4 is 10.5 Å². The number of fused-ring (bicyclic) bond motifs is 9. The number of hydrogen-bond acceptors (Lipinski definition) is 5. The molecule has 2 aromatic heterocycles. The third-order valence-electron chi connectivity index (χ3n) is 9.97. The zero-order valence-corrected chi connectivity index (χ0v) is 23.1. The molecule has 0 saturated carbocycles. The number of piperidine rings is 1. The van der Waals surface area contributed by atoms with E-state index in [2.05, 4.69) is 34.3 Å². The van der Waals surface area contributed by atoms with Crippen molar-refractivity contribution in [3.05, 3.63) is 110 Å². The minimum absolute atomic E-state index is 0.0105. The molecule has 2 aromatic carbocycles. The number of H-pyrrole nitrogens is 1. The van der Waals surface area contributed by atoms with Gasteiger partial charge in [-0.25, -0.2) is 0 Å². The highest BCUT2D eigenvalue weighted by atomic mass is 16.6. The molecule has 42 heavy (non-hydrogen) atoms. The summed E-state index contributed by atoms with van der Waals surface area (Å²) in [7, 11) is 0. The number of amides is 1. The standard InChI is InChI=1S/C33H31N5O4/c39-31-7-3-6-29-22-14-23(19-36(29)31)32-26(16-21-15-24(38(41)42)8-9-30(21)37(32)18-22)33(40)35-12-10-20(11-13-35)27-17-34-28-5-2-1-4-25(27)28/h1-10,15,17,22-23,26,32,34H,11-14,16,18-19H2/t22-,23-,26+,32-/m0/s1. The van der Waals surface area contributed by atoms with Gasteiger partial charge in [0.15, 0.2) is 0 Å². The molecule has 4 aliphatic rings. The van der Waals surface area contributed by atoms with E-state index < -0.39 is 0 Å². The number of aromatic nitrogens is 2. The second-order valence-corrected chi connectivity index (χ2v) is 12.1. The lowest BCUT2D eigenvalue weighted by molar-refractivity contribution is -0.384. The summed E-state index contributed by atoms with van der Waals surface area (Å²) in [6.07, 6.45) is 6.39. The van der Waals surface area contributed by atoms with Crippen molar-refractivity contribution >= 4 is 33.8 Å². The van der Waals surface area contributed by atoms with Crippen LogP contribution in [0.3, 0.4) is 0 Å². The number of pyridine rings is 1. The Hall–Kier alpha value is -4.66. The third kappa shape index (κ3) is 3.83. The van der Waals surface area contributed by atoms with Crippen molar-refractivity contribution in [1.29, 1.82) is 0 Å². The SMILES string of the molecule is O=C([C@@H]1Cc2cc([N+](=O)[O-])ccc2N2C[C@@H]3C[C@@H](Cn4c3cccc4=O)[C@@H]12)N1CC=C(c2c[nH]c3ccccc23)CC1. The summed E-state index contributed by atoms with van der Waals surface area (Å²) in [5.41, 5.74) is 6.48. The second kappa shape index (κ2) is 9.44. The number of benzene rings is 2. The highest BCUT2D eigenvalue weighted by molar-refractivity contribution is 5.93. The first-order valence-corrected chi connectivity index (χ1v) is 14.7. The van der Waals surface area contributed by atoms with Gasteiger partial charge in [-0.05, 0) is 54.5 Å². The van der Waals surface area contributed by atoms with Crippen molar-refractivity contribution in [2.75, 3.05) is 24.5 Å². The van der Waals surface area contributed by atoms with Crippen molar-refractivity contribution in [2.24, 2.45) is 11.8 Å². The maximum Gasteiger partial charge on any atom is 0.269 e. The molecular weight excluding hydrogens is 530 g/mol. The highest BCUT2D eigenvalue weighted by Gasteiger charge is 2.50. The molecule has 9 nitrogen and oxygen atoms in total. The molecule has 1 amide bonds. The number of hydrogen-bond donors (Lipinski definition) is 1. The lowest BCUT2D eigenvalue weighted by Gasteiger charge is -2.54. The van der Waals surface area contributed by atoms with Gasteiger partial charge in [0.2, 0.25) is 5.91 Å². The maximum absolute atomic E-state index is 14.4. The van der Waals surface area contributed by atoms with E-state index in [4.69, 9.17) is 0 Å². The zero-order valence-electron chi connectivity index (χ0n) is 23.1. The van der Waals surface area contributed by atoms with Crippen molar-refractivity contribution in [3.63, 3.8) is 0 Å². The average molecular weight is 562 g/mol. The van der Waals surface area contributed by atoms with Gasteiger partial charge in [0, 0.05) is 90.4 Å². The van der Waals surface area contributed by atoms with Crippen LogP contribution in [-0.2, 0) is 17.8 Å². The van der Waals surface area contributed by atoms with E-state index in [-0.39, 0.29) is 45.9 Å². The molecule has 4 atom stereocenters. The van der Waals surface area contributed by atoms with Gasteiger partial charge in [-0.3, -0.25) is 19.7 Å². The van der Waals surface area contributed by atoms with Crippen LogP contribution in [0.4, 0.5) is 11.4 Å². The van der Waals surface area contributed by atoms with Gasteiger partial charge in [-0.1, -0.05) is 30.3 Å². The fourth-order valence-corrected chi connectivity index (χ4v) is 8.12. The molecule has 4 aliphatic heterocycles. The molecule has 8 rings (SSSR count). The summed E-state index contributed by atoms with van der Waals surface area (Å²) in [5, 5.41) is 12.8. The zero-order chi connectivity index (χ0) is 28.5. The van der Waals surface area contributed by atoms with Gasteiger partial charge in [-0.15, -0.1) is 0 Å². The quantitative estimate of drug-likeness (QED) is 0.288. The third-order valence-corrected chi connectivity index (χ3v) is 9.97. The van der Waals surface area contributed by atoms with Crippen LogP contribution in [0.5, 0.6) is 0 Å². The summed E-state index contributed by atoms with van der Waals surface area (Å²) in [5.74, 6) is 0.0636. The second-order valence-electron chi connectivity index (χ2n) is 12.1. The van der Waals surface area contributed by atoms with Crippen LogP contribution in [0.1, 0.15) is 35.6 Å². The van der Waals surface area contributed by atoms with E-state index in [0.29, 0.717) is 32.6 Å². The molecule has 6 heterocycles. The Morgan fingerprint density at radius 2 is 1.93 bits per heavy atom. The van der Waals surface area contributed by atoms with Crippen LogP contribution in [0.25, 0.3) is 16.5 Å². The smallest absolute Gasteiger partial charge is 0.269 e. The van der Waals surface area contributed by atoms with E-state index in [0.717, 1.165) is 35.3 Å². The number of nitrogens with zero attached hydrogens (tertiary/aromatic N) is 4. The van der Waals surface area contributed by atoms with Gasteiger partial charge in [0.25, 0.3) is 11.2 Å². The highest BCUT2D eigenvalue weighted by Crippen LogP contribution is 2.48. The number of carbonyl (C=O) groups excluding carboxylic acids is 1. The number of rotatable bonds is 3. The molecule has 4 aromatic rings. The van der Waals surface area contributed by atoms with Crippen LogP contribution in [0, 0.1) is 22.0 Å². The Labute approximate surface area is 242 Å². The molecule has 1 fully saturated rings. The van der Waals surface area contributed by atoms with Crippen molar-refractivity contribution in [3.8, 4) is 0 Å². The first kappa shape index (κ1) is 25.1. The number of para-hydroxylation sites is 1. The number of nitro groups is 1. The summed E-state index contributed by atoms with van der Waals surface area (Å²) in [6, 6.07) is 18.8. The van der Waals surface area contributed by atoms with Crippen LogP contribution in [-0.4, -0.2) is 51.0 Å². The van der Waals surface area contributed by atoms with Crippen LogP contribution in [0.2, 0.25) is 0 Å². The molecule has 1 N–H and O–H groups in total. The van der Waals surface area contributed by atoms with Crippen LogP contribution in [0.15, 0.2) is 77.7 Å². The Kier molecular flexibility index (Phi) is 5.64. The van der Waals surface area contributed by atoms with Gasteiger partial charge in [-0.2, -0.15) is 0 Å². The fourth-order valence-electron chi connectivity index (χ4n) is 8.12. The molecule has 212 valence electrons. The number of aromatic amines is 1. The lowest BCUT2D eigenvalue weighted by atomic mass is 9.69. The lowest BCUT2D eigenvalue weighted by Crippen LogP contribution is -2.61. The normalized spacial score (nSPS) is 24.4. The van der Waals surface area contributed by atoms with Crippen molar-refractivity contribution < 1.29 is 9.72 Å². The Balaban J connectivity index is 1.14. The molecule has 0 spiro atoms. The van der Waals surface area contributed by atoms with Gasteiger partial charge in [0.1, 0.15) is 0 Å². The maximum atomic E-state index is 14.4. The van der Waals surface area contributed by atoms with Crippen molar-refractivity contribution in [1.82, 2.24) is 14.5 Å². The predicted octanol–water partition coefficient (Wildman–Crippen LogP) is 4.72. The molecule has 0 radical (unpaired) electrons. The summed E-state index contributed by atoms with van der Waals surface area (Å²) in [4.78, 5) is 46.1. The van der Waals surface area contributed by atoms with Crippen LogP contribution >= 0.6 is 0 Å². The molecule has 0 aliphatic carbocycles. The van der Waals surface area contributed by atoms with Gasteiger partial charge < -0.3 is 19.4 Å². The fraction of sp³-hybridized carbons (Fsp3) is 0.333. The molecule has 0 unspecified atom stereocenters. The molecular formula is C33H31N5O4. The van der Waals surface area contributed by atoms with Crippen molar-refractivity contribution in [2.45, 2.75) is 37.8 Å². The number of carbonyl (C=O) groups is 1. The molecule has 1 saturated heterocycles. The minimum atomic E-state index is -0.363. The largest absolute Gasteiger partial charge is 0.366 e. The topological polar surface area (TPSA) is 104 Å². The Morgan fingerprint density at radius 3 is 2.76 bits per heavy atom. The summed E-state index contributed by atoms with van der Waals surface area (Å²) in [6.45, 7) is 2.44. The summed E-state index contributed by atoms with van der Waals surface area (Å²) < 4.78 is 1.90. The molecule has 2 bridgehead atoms. The average Bonchev–Trinajstić information content (AvgIpc) is 3.45. The first-order valence-electron chi connectivity index (χ1n) is 14.7. The van der Waals surface area contributed by atoms with E-state index in [1.54, 1.807) is 18.2 Å². The number of nitrogens with one attached hydrogen (secondary N) is 1. The first-order chi connectivity index (χ1) is 20.5. The minimum Gasteiger partial charge on any atom is -0.366 e. The summed E-state index contributed by atoms with van der Waals surface area (Å²) >= 11 is 0. The number of nitro benzene ring substituents is 1. The Bertz CT molecular complexity index is 1850. The Morgan fingerprint density at radius 1 is 1.05 bits per heavy atom. The van der Waals surface area contributed by atoms with Gasteiger partial charge >= 0.3 is 0 Å². The van der Waals surface area contributed by atoms with E-state index in [9.17, 15) is 19.7 Å². The van der Waals surface area contributed by atoms with E-state index in [1.807, 2.05) is 39.8 Å². The number of non-ortho nitro benzene ring substituents is 1. The predicted molar refractivity (Wildman–Crippen MR) is 160 cm³/mol. The molecule has 9 heteroatoms. The van der Waals surface area contributed by atoms with Gasteiger partial charge in [0.05, 0.1) is 10.8 Å². The van der Waals surface area contributed by atoms with E-state index >= 15 is 0 Å². The number of anilines is 1. The van der Waals surface area contributed by atoms with E-state index in [1.165, 1.54) is 16.5 Å². The monoisotopic (exact) mass is 561 g/mol.